The fourth-order valence-corrected chi connectivity index (χ4v) is 3.73. The minimum absolute atomic E-state index is 0.259. The first-order valence-corrected chi connectivity index (χ1v) is 9.42. The van der Waals surface area contributed by atoms with E-state index in [1.165, 1.54) is 11.9 Å². The van der Waals surface area contributed by atoms with Gasteiger partial charge in [0.1, 0.15) is 11.9 Å². The van der Waals surface area contributed by atoms with Gasteiger partial charge < -0.3 is 5.32 Å². The van der Waals surface area contributed by atoms with Crippen molar-refractivity contribution in [2.24, 2.45) is 4.99 Å². The van der Waals surface area contributed by atoms with Gasteiger partial charge in [0.2, 0.25) is 11.9 Å². The highest BCUT2D eigenvalue weighted by Gasteiger charge is 2.52. The first-order valence-electron chi connectivity index (χ1n) is 8.63. The van der Waals surface area contributed by atoms with Crippen molar-refractivity contribution in [3.63, 3.8) is 0 Å². The van der Waals surface area contributed by atoms with Gasteiger partial charge in [-0.3, -0.25) is 14.6 Å². The molecule has 4 rings (SSSR count). The van der Waals surface area contributed by atoms with Gasteiger partial charge >= 0.3 is 12.0 Å². The lowest BCUT2D eigenvalue weighted by Gasteiger charge is -2.30. The van der Waals surface area contributed by atoms with Crippen LogP contribution in [0.3, 0.4) is 0 Å². The number of urea groups is 1. The molecule has 0 saturated carbocycles. The van der Waals surface area contributed by atoms with Crippen molar-refractivity contribution < 1.29 is 14.2 Å². The number of benzene rings is 1. The number of amidine groups is 1. The van der Waals surface area contributed by atoms with Gasteiger partial charge in [0.05, 0.1) is 6.54 Å². The number of aromatic nitrogens is 2. The molecule has 8 nitrogen and oxygen atoms in total. The summed E-state index contributed by atoms with van der Waals surface area (Å²) in [5.74, 6) is 0.909. The molecule has 140 valence electrons. The van der Waals surface area contributed by atoms with Gasteiger partial charge in [0.15, 0.2) is 0 Å². The second kappa shape index (κ2) is 6.49. The number of imide groups is 1. The third-order valence-corrected chi connectivity index (χ3v) is 5.48. The smallest absolute Gasteiger partial charge is 0.382 e. The Kier molecular flexibility index (Phi) is 4.26. The van der Waals surface area contributed by atoms with Gasteiger partial charge in [0, 0.05) is 30.8 Å². The number of aryl methyl sites for hydroxylation is 1. The zero-order chi connectivity index (χ0) is 19.3. The van der Waals surface area contributed by atoms with E-state index in [0.29, 0.717) is 24.9 Å². The number of hydrogen-bond acceptors (Lipinski definition) is 4. The fourth-order valence-electron chi connectivity index (χ4n) is 3.47. The first-order chi connectivity index (χ1) is 12.9. The van der Waals surface area contributed by atoms with E-state index in [1.54, 1.807) is 7.05 Å². The summed E-state index contributed by atoms with van der Waals surface area (Å²) in [6, 6.07) is 7.06. The molecule has 2 aromatic rings. The number of imidazole rings is 1. The van der Waals surface area contributed by atoms with Crippen LogP contribution >= 0.6 is 15.9 Å². The molecule has 1 aromatic heterocycles. The number of hydrogen-bond donors (Lipinski definition) is 1. The van der Waals surface area contributed by atoms with E-state index in [0.717, 1.165) is 20.8 Å². The Bertz CT molecular complexity index is 965. The molecule has 1 aromatic carbocycles. The summed E-state index contributed by atoms with van der Waals surface area (Å²) in [7, 11) is 3.15. The highest BCUT2D eigenvalue weighted by molar-refractivity contribution is 9.10. The van der Waals surface area contributed by atoms with Crippen LogP contribution < -0.4 is 9.88 Å². The Labute approximate surface area is 165 Å². The average molecular weight is 432 g/mol. The fraction of sp³-hybridized carbons (Fsp3) is 0.333. The summed E-state index contributed by atoms with van der Waals surface area (Å²) >= 11 is 3.43. The molecule has 1 unspecified atom stereocenters. The van der Waals surface area contributed by atoms with Crippen LogP contribution in [0, 0.1) is 6.92 Å². The molecule has 2 aliphatic rings. The molecule has 1 fully saturated rings. The van der Waals surface area contributed by atoms with E-state index in [2.05, 4.69) is 30.8 Å². The number of carbonyl (C=O) groups is 2. The van der Waals surface area contributed by atoms with Gasteiger partial charge in [-0.2, -0.15) is 0 Å². The van der Waals surface area contributed by atoms with E-state index in [1.807, 2.05) is 42.0 Å². The lowest BCUT2D eigenvalue weighted by molar-refractivity contribution is -0.677. The molecule has 0 bridgehead atoms. The summed E-state index contributed by atoms with van der Waals surface area (Å²) in [6.45, 7) is 3.39. The van der Waals surface area contributed by atoms with Crippen LogP contribution in [0.5, 0.6) is 0 Å². The molecule has 1 saturated heterocycles. The van der Waals surface area contributed by atoms with Crippen LogP contribution in [-0.2, 0) is 11.3 Å². The third-order valence-electron chi connectivity index (χ3n) is 4.95. The number of likely N-dealkylation sites (N-methyl/N-ethyl adjacent to an activating group) is 2. The van der Waals surface area contributed by atoms with E-state index in [-0.39, 0.29) is 11.9 Å². The number of amides is 3. The van der Waals surface area contributed by atoms with Crippen molar-refractivity contribution in [2.75, 3.05) is 26.0 Å². The minimum atomic E-state index is -0.577. The van der Waals surface area contributed by atoms with Crippen LogP contribution in [0.1, 0.15) is 11.7 Å². The number of carbonyl (C=O) groups excluding carboxylic acids is 2. The predicted octanol–water partition coefficient (Wildman–Crippen LogP) is 2.07. The highest BCUT2D eigenvalue weighted by Crippen LogP contribution is 2.28. The number of anilines is 1. The molecule has 3 heterocycles. The summed E-state index contributed by atoms with van der Waals surface area (Å²) in [4.78, 5) is 32.0. The molecular weight excluding hydrogens is 412 g/mol. The Morgan fingerprint density at radius 3 is 2.59 bits per heavy atom. The second-order valence-electron chi connectivity index (χ2n) is 6.67. The number of rotatable bonds is 4. The molecule has 2 aliphatic heterocycles. The SMILES string of the molecule is Cc1c[n+]2c(n1CCNc1ccc(Br)cc1)N=C1C2C(=O)N(C)C(=O)N1C. The Balaban J connectivity index is 1.57. The van der Waals surface area contributed by atoms with Crippen molar-refractivity contribution in [2.45, 2.75) is 19.5 Å². The van der Waals surface area contributed by atoms with Gasteiger partial charge in [-0.05, 0) is 31.2 Å². The zero-order valence-electron chi connectivity index (χ0n) is 15.3. The maximum absolute atomic E-state index is 12.6. The Hall–Kier alpha value is -2.68. The van der Waals surface area contributed by atoms with Gasteiger partial charge in [0.25, 0.3) is 5.91 Å². The number of nitrogens with one attached hydrogen (secondary N) is 1. The Morgan fingerprint density at radius 1 is 1.19 bits per heavy atom. The maximum atomic E-state index is 12.6. The lowest BCUT2D eigenvalue weighted by Crippen LogP contribution is -2.61. The third kappa shape index (κ3) is 2.82. The number of fused-ring (bicyclic) bond motifs is 3. The molecule has 1 N–H and O–H groups in total. The normalized spacial score (nSPS) is 18.5. The van der Waals surface area contributed by atoms with Crippen LogP contribution in [0.4, 0.5) is 16.4 Å². The quantitative estimate of drug-likeness (QED) is 0.752. The van der Waals surface area contributed by atoms with E-state index in [9.17, 15) is 9.59 Å². The van der Waals surface area contributed by atoms with E-state index < -0.39 is 6.04 Å². The molecule has 0 aliphatic carbocycles. The standard InChI is InChI=1S/C18H20BrN6O2/c1-11-10-25-14-15(22(2)18(27)23(3)16(14)26)21-17(25)24(11)9-8-20-13-6-4-12(19)5-7-13/h4-7,10,14,20H,8-9H2,1-3H3/q+1. The van der Waals surface area contributed by atoms with Crippen molar-refractivity contribution in [3.05, 3.63) is 40.6 Å². The number of nitrogens with zero attached hydrogens (tertiary/aromatic N) is 5. The van der Waals surface area contributed by atoms with Gasteiger partial charge in [-0.25, -0.2) is 13.9 Å². The molecule has 27 heavy (non-hydrogen) atoms. The largest absolute Gasteiger partial charge is 0.401 e. The minimum Gasteiger partial charge on any atom is -0.382 e. The van der Waals surface area contributed by atoms with Crippen molar-refractivity contribution in [1.29, 1.82) is 0 Å². The molecule has 0 radical (unpaired) electrons. The molecule has 3 amide bonds. The predicted molar refractivity (Wildman–Crippen MR) is 104 cm³/mol. The highest BCUT2D eigenvalue weighted by atomic mass is 79.9. The van der Waals surface area contributed by atoms with Crippen LogP contribution in [-0.4, -0.2) is 52.8 Å². The summed E-state index contributed by atoms with van der Waals surface area (Å²) in [6.07, 6.45) is 1.92. The number of aliphatic imine (C=N–C) groups is 1. The first kappa shape index (κ1) is 17.7. The summed E-state index contributed by atoms with van der Waals surface area (Å²) < 4.78 is 4.95. The summed E-state index contributed by atoms with van der Waals surface area (Å²) in [5.41, 5.74) is 2.05. The topological polar surface area (TPSA) is 73.8 Å². The van der Waals surface area contributed by atoms with Gasteiger partial charge in [-0.15, -0.1) is 0 Å². The monoisotopic (exact) mass is 431 g/mol. The van der Waals surface area contributed by atoms with Crippen LogP contribution in [0.2, 0.25) is 0 Å². The molecule has 1 atom stereocenters. The van der Waals surface area contributed by atoms with E-state index >= 15 is 0 Å². The van der Waals surface area contributed by atoms with Crippen molar-refractivity contribution in [3.8, 4) is 0 Å². The van der Waals surface area contributed by atoms with Crippen molar-refractivity contribution >= 4 is 45.3 Å². The Morgan fingerprint density at radius 2 is 1.89 bits per heavy atom. The molecule has 0 spiro atoms. The number of halogens is 1. The molecule has 9 heteroatoms. The average Bonchev–Trinajstić information content (AvgIpc) is 3.16. The maximum Gasteiger partial charge on any atom is 0.401 e. The lowest BCUT2D eigenvalue weighted by atomic mass is 10.2. The van der Waals surface area contributed by atoms with Crippen LogP contribution in [0.15, 0.2) is 39.9 Å². The zero-order valence-corrected chi connectivity index (χ0v) is 16.9. The summed E-state index contributed by atoms with van der Waals surface area (Å²) in [5, 5.41) is 3.38. The van der Waals surface area contributed by atoms with E-state index in [4.69, 9.17) is 0 Å². The molecular formula is C18H20BrN6O2+. The van der Waals surface area contributed by atoms with Gasteiger partial charge in [-0.1, -0.05) is 20.9 Å². The van der Waals surface area contributed by atoms with Crippen molar-refractivity contribution in [1.82, 2.24) is 14.4 Å². The van der Waals surface area contributed by atoms with Crippen LogP contribution in [0.25, 0.3) is 0 Å². The second-order valence-corrected chi connectivity index (χ2v) is 7.59.